The van der Waals surface area contributed by atoms with Crippen molar-refractivity contribution in [2.24, 2.45) is 0 Å². The highest BCUT2D eigenvalue weighted by atomic mass is 35.5. The summed E-state index contributed by atoms with van der Waals surface area (Å²) in [6.07, 6.45) is 0. The van der Waals surface area contributed by atoms with Crippen LogP contribution in [0, 0.1) is 6.92 Å². The molecular formula is C24H17Cl2N5OS. The summed E-state index contributed by atoms with van der Waals surface area (Å²) in [7, 11) is 0. The van der Waals surface area contributed by atoms with E-state index in [1.807, 2.05) is 54.0 Å². The van der Waals surface area contributed by atoms with Crippen LogP contribution in [0.2, 0.25) is 10.0 Å². The Morgan fingerprint density at radius 2 is 1.76 bits per heavy atom. The number of H-pyrrole nitrogens is 1. The summed E-state index contributed by atoms with van der Waals surface area (Å²) in [5, 5.41) is 11.3. The molecular weight excluding hydrogens is 477 g/mol. The molecule has 0 aliphatic rings. The first-order chi connectivity index (χ1) is 16.0. The van der Waals surface area contributed by atoms with Crippen LogP contribution in [0.1, 0.15) is 11.4 Å². The van der Waals surface area contributed by atoms with E-state index in [1.165, 1.54) is 11.8 Å². The van der Waals surface area contributed by atoms with Crippen LogP contribution in [0.3, 0.4) is 0 Å². The number of benzene rings is 3. The second-order valence-corrected chi connectivity index (χ2v) is 9.27. The quantitative estimate of drug-likeness (QED) is 0.300. The predicted molar refractivity (Wildman–Crippen MR) is 133 cm³/mol. The zero-order valence-corrected chi connectivity index (χ0v) is 19.7. The van der Waals surface area contributed by atoms with E-state index in [2.05, 4.69) is 26.2 Å². The Bertz CT molecular complexity index is 1530. The van der Waals surface area contributed by atoms with E-state index in [9.17, 15) is 4.79 Å². The van der Waals surface area contributed by atoms with Crippen LogP contribution in [-0.4, -0.2) is 24.7 Å². The maximum atomic E-state index is 12.5. The van der Waals surface area contributed by atoms with E-state index in [0.29, 0.717) is 43.5 Å². The summed E-state index contributed by atoms with van der Waals surface area (Å²) >= 11 is 13.6. The Hall–Kier alpha value is -3.13. The monoisotopic (exact) mass is 493 g/mol. The molecule has 0 aliphatic carbocycles. The van der Waals surface area contributed by atoms with Crippen molar-refractivity contribution in [3.8, 4) is 17.1 Å². The molecule has 0 radical (unpaired) electrons. The van der Waals surface area contributed by atoms with Crippen molar-refractivity contribution >= 4 is 45.9 Å². The summed E-state index contributed by atoms with van der Waals surface area (Å²) in [6.45, 7) is 2.04. The van der Waals surface area contributed by atoms with Crippen LogP contribution in [0.15, 0.2) is 76.7 Å². The van der Waals surface area contributed by atoms with Gasteiger partial charge in [0.05, 0.1) is 16.7 Å². The lowest BCUT2D eigenvalue weighted by Crippen LogP contribution is -2.11. The van der Waals surface area contributed by atoms with Gasteiger partial charge in [0, 0.05) is 21.3 Å². The molecule has 5 rings (SSSR count). The van der Waals surface area contributed by atoms with Gasteiger partial charge >= 0.3 is 0 Å². The molecule has 33 heavy (non-hydrogen) atoms. The molecule has 6 nitrogen and oxygen atoms in total. The average molecular weight is 494 g/mol. The normalized spacial score (nSPS) is 11.2. The molecule has 0 saturated heterocycles. The highest BCUT2D eigenvalue weighted by Crippen LogP contribution is 2.30. The third-order valence-corrected chi connectivity index (χ3v) is 6.48. The highest BCUT2D eigenvalue weighted by molar-refractivity contribution is 7.98. The van der Waals surface area contributed by atoms with E-state index in [-0.39, 0.29) is 5.56 Å². The Kier molecular flexibility index (Phi) is 5.93. The molecule has 0 bridgehead atoms. The second kappa shape index (κ2) is 9.02. The molecule has 0 amide bonds. The van der Waals surface area contributed by atoms with Crippen LogP contribution in [0.4, 0.5) is 0 Å². The number of aromatic amines is 1. The zero-order chi connectivity index (χ0) is 22.9. The van der Waals surface area contributed by atoms with Crippen molar-refractivity contribution in [1.29, 1.82) is 0 Å². The number of halogens is 2. The number of aromatic nitrogens is 5. The Balaban J connectivity index is 1.54. The van der Waals surface area contributed by atoms with Crippen LogP contribution >= 0.6 is 35.0 Å². The van der Waals surface area contributed by atoms with Gasteiger partial charge in [-0.15, -0.1) is 10.2 Å². The van der Waals surface area contributed by atoms with Crippen molar-refractivity contribution < 1.29 is 0 Å². The third kappa shape index (κ3) is 4.53. The molecule has 0 aliphatic heterocycles. The zero-order valence-electron chi connectivity index (χ0n) is 17.4. The average Bonchev–Trinajstić information content (AvgIpc) is 3.22. The Morgan fingerprint density at radius 1 is 0.970 bits per heavy atom. The maximum absolute atomic E-state index is 12.5. The number of fused-ring (bicyclic) bond motifs is 1. The Morgan fingerprint density at radius 3 is 2.55 bits per heavy atom. The van der Waals surface area contributed by atoms with Gasteiger partial charge in [-0.2, -0.15) is 0 Å². The number of hydrogen-bond donors (Lipinski definition) is 1. The summed E-state index contributed by atoms with van der Waals surface area (Å²) in [6, 6.07) is 20.6. The van der Waals surface area contributed by atoms with Gasteiger partial charge in [0.25, 0.3) is 5.56 Å². The van der Waals surface area contributed by atoms with Gasteiger partial charge in [-0.3, -0.25) is 9.36 Å². The molecule has 2 aromatic heterocycles. The molecule has 164 valence electrons. The summed E-state index contributed by atoms with van der Waals surface area (Å²) in [5.41, 5.74) is 3.32. The fourth-order valence-electron chi connectivity index (χ4n) is 3.51. The van der Waals surface area contributed by atoms with Crippen molar-refractivity contribution in [3.05, 3.63) is 98.5 Å². The number of aryl methyl sites for hydroxylation is 1. The molecule has 0 saturated carbocycles. The van der Waals surface area contributed by atoms with Crippen molar-refractivity contribution in [2.75, 3.05) is 0 Å². The first kappa shape index (κ1) is 21.7. The number of hydrogen-bond acceptors (Lipinski definition) is 5. The fraction of sp³-hybridized carbons (Fsp3) is 0.0833. The SMILES string of the molecule is Cc1cccc(-n2c(SCc3nc4cc(Cl)ccc4c(=O)[nH]3)nnc2-c2ccc(Cl)cc2)c1. The first-order valence-corrected chi connectivity index (χ1v) is 11.8. The van der Waals surface area contributed by atoms with Crippen LogP contribution in [-0.2, 0) is 5.75 Å². The lowest BCUT2D eigenvalue weighted by molar-refractivity contribution is 0.882. The molecule has 9 heteroatoms. The smallest absolute Gasteiger partial charge is 0.258 e. The van der Waals surface area contributed by atoms with Crippen LogP contribution in [0.5, 0.6) is 0 Å². The molecule has 2 heterocycles. The van der Waals surface area contributed by atoms with Gasteiger partial charge in [0.15, 0.2) is 11.0 Å². The topological polar surface area (TPSA) is 76.5 Å². The molecule has 0 spiro atoms. The van der Waals surface area contributed by atoms with Gasteiger partial charge in [-0.1, -0.05) is 47.1 Å². The van der Waals surface area contributed by atoms with Gasteiger partial charge in [0.2, 0.25) is 0 Å². The predicted octanol–water partition coefficient (Wildman–Crippen LogP) is 6.08. The third-order valence-electron chi connectivity index (χ3n) is 5.05. The molecule has 0 unspecified atom stereocenters. The van der Waals surface area contributed by atoms with Gasteiger partial charge in [-0.05, 0) is 67.1 Å². The van der Waals surface area contributed by atoms with E-state index in [1.54, 1.807) is 18.2 Å². The molecule has 0 atom stereocenters. The first-order valence-electron chi connectivity index (χ1n) is 10.1. The minimum Gasteiger partial charge on any atom is -0.309 e. The minimum absolute atomic E-state index is 0.200. The number of rotatable bonds is 5. The lowest BCUT2D eigenvalue weighted by Gasteiger charge is -2.11. The molecule has 1 N–H and O–H groups in total. The molecule has 5 aromatic rings. The maximum Gasteiger partial charge on any atom is 0.258 e. The summed E-state index contributed by atoms with van der Waals surface area (Å²) in [4.78, 5) is 19.9. The largest absolute Gasteiger partial charge is 0.309 e. The second-order valence-electron chi connectivity index (χ2n) is 7.45. The van der Waals surface area contributed by atoms with Crippen molar-refractivity contribution in [1.82, 2.24) is 24.7 Å². The van der Waals surface area contributed by atoms with E-state index < -0.39 is 0 Å². The van der Waals surface area contributed by atoms with Crippen molar-refractivity contribution in [2.45, 2.75) is 17.8 Å². The molecule has 3 aromatic carbocycles. The van der Waals surface area contributed by atoms with Gasteiger partial charge in [-0.25, -0.2) is 4.98 Å². The Labute approximate surface area is 203 Å². The number of nitrogens with zero attached hydrogens (tertiary/aromatic N) is 4. The van der Waals surface area contributed by atoms with Crippen LogP contribution < -0.4 is 5.56 Å². The number of nitrogens with one attached hydrogen (secondary N) is 1. The fourth-order valence-corrected chi connectivity index (χ4v) is 4.63. The van der Waals surface area contributed by atoms with E-state index in [4.69, 9.17) is 23.2 Å². The number of thioether (sulfide) groups is 1. The van der Waals surface area contributed by atoms with Gasteiger partial charge < -0.3 is 4.98 Å². The highest BCUT2D eigenvalue weighted by Gasteiger charge is 2.17. The van der Waals surface area contributed by atoms with E-state index >= 15 is 0 Å². The molecule has 0 fully saturated rings. The lowest BCUT2D eigenvalue weighted by atomic mass is 10.2. The van der Waals surface area contributed by atoms with Crippen LogP contribution in [0.25, 0.3) is 28.0 Å². The summed E-state index contributed by atoms with van der Waals surface area (Å²) in [5.74, 6) is 1.64. The van der Waals surface area contributed by atoms with Gasteiger partial charge in [0.1, 0.15) is 5.82 Å². The minimum atomic E-state index is -0.200. The van der Waals surface area contributed by atoms with Crippen molar-refractivity contribution in [3.63, 3.8) is 0 Å². The van der Waals surface area contributed by atoms with E-state index in [0.717, 1.165) is 16.8 Å². The standard InChI is InChI=1S/C24H17Cl2N5OS/c1-14-3-2-4-18(11-14)31-22(15-5-7-16(25)8-6-15)29-30-24(31)33-13-21-27-20-12-17(26)9-10-19(20)23(32)28-21/h2-12H,13H2,1H3,(H,27,28,32). The summed E-state index contributed by atoms with van der Waals surface area (Å²) < 4.78 is 2.00.